The van der Waals surface area contributed by atoms with Crippen LogP contribution in [0.3, 0.4) is 0 Å². The van der Waals surface area contributed by atoms with Crippen LogP contribution >= 0.6 is 11.8 Å². The number of hydrogen-bond donors (Lipinski definition) is 2. The lowest BCUT2D eigenvalue weighted by Crippen LogP contribution is -2.23. The number of carbonyl (C=O) groups is 2. The smallest absolute Gasteiger partial charge is 0.248 e. The molecule has 2 rings (SSSR count). The second-order valence-electron chi connectivity index (χ2n) is 5.49. The zero-order chi connectivity index (χ0) is 17.9. The number of thioether (sulfide) groups is 1. The quantitative estimate of drug-likeness (QED) is 0.642. The van der Waals surface area contributed by atoms with Crippen molar-refractivity contribution >= 4 is 29.3 Å². The molecule has 1 aromatic heterocycles. The van der Waals surface area contributed by atoms with E-state index in [0.29, 0.717) is 16.4 Å². The van der Waals surface area contributed by atoms with E-state index in [1.54, 1.807) is 31.2 Å². The number of carbonyl (C=O) groups excluding carboxylic acids is 2. The van der Waals surface area contributed by atoms with Crippen LogP contribution in [0.1, 0.15) is 34.2 Å². The minimum atomic E-state index is -0.501. The van der Waals surface area contributed by atoms with Gasteiger partial charge in [-0.15, -0.1) is 0 Å². The Morgan fingerprint density at radius 1 is 1.08 bits per heavy atom. The van der Waals surface area contributed by atoms with Crippen molar-refractivity contribution in [3.63, 3.8) is 0 Å². The first kappa shape index (κ1) is 17.9. The molecule has 0 saturated carbocycles. The van der Waals surface area contributed by atoms with E-state index in [9.17, 15) is 9.59 Å². The second kappa shape index (κ2) is 7.44. The molecule has 126 valence electrons. The zero-order valence-corrected chi connectivity index (χ0v) is 14.9. The van der Waals surface area contributed by atoms with Gasteiger partial charge >= 0.3 is 0 Å². The van der Waals surface area contributed by atoms with Crippen molar-refractivity contribution in [2.24, 2.45) is 5.73 Å². The van der Waals surface area contributed by atoms with Crippen molar-refractivity contribution in [2.75, 3.05) is 5.32 Å². The first-order valence-electron chi connectivity index (χ1n) is 7.47. The number of amides is 2. The number of anilines is 1. The van der Waals surface area contributed by atoms with Gasteiger partial charge in [0.05, 0.1) is 5.25 Å². The van der Waals surface area contributed by atoms with Crippen LogP contribution in [-0.4, -0.2) is 27.0 Å². The van der Waals surface area contributed by atoms with Gasteiger partial charge in [-0.3, -0.25) is 9.59 Å². The molecular weight excluding hydrogens is 324 g/mol. The first-order chi connectivity index (χ1) is 11.3. The molecule has 1 atom stereocenters. The Kier molecular flexibility index (Phi) is 5.56. The molecule has 2 aromatic rings. The lowest BCUT2D eigenvalue weighted by atomic mass is 10.2. The van der Waals surface area contributed by atoms with Gasteiger partial charge in [0.2, 0.25) is 11.8 Å². The van der Waals surface area contributed by atoms with E-state index in [0.717, 1.165) is 17.0 Å². The Labute approximate surface area is 145 Å². The highest BCUT2D eigenvalue weighted by Gasteiger charge is 2.17. The highest BCUT2D eigenvalue weighted by Crippen LogP contribution is 2.23. The van der Waals surface area contributed by atoms with Gasteiger partial charge in [-0.1, -0.05) is 11.8 Å². The van der Waals surface area contributed by atoms with Crippen LogP contribution < -0.4 is 11.1 Å². The summed E-state index contributed by atoms with van der Waals surface area (Å²) in [4.78, 5) is 32.2. The van der Waals surface area contributed by atoms with Crippen molar-refractivity contribution in [3.8, 4) is 0 Å². The molecule has 1 aromatic carbocycles. The third kappa shape index (κ3) is 4.32. The van der Waals surface area contributed by atoms with Gasteiger partial charge in [-0.2, -0.15) is 0 Å². The molecule has 2 amide bonds. The minimum absolute atomic E-state index is 0.161. The highest BCUT2D eigenvalue weighted by atomic mass is 32.2. The van der Waals surface area contributed by atoms with Gasteiger partial charge in [0.1, 0.15) is 0 Å². The van der Waals surface area contributed by atoms with Crippen molar-refractivity contribution < 1.29 is 9.59 Å². The van der Waals surface area contributed by atoms with E-state index in [2.05, 4.69) is 15.3 Å². The summed E-state index contributed by atoms with van der Waals surface area (Å²) >= 11 is 1.31. The maximum Gasteiger partial charge on any atom is 0.248 e. The van der Waals surface area contributed by atoms with Crippen LogP contribution in [0.15, 0.2) is 29.4 Å². The molecule has 6 nitrogen and oxygen atoms in total. The number of aromatic nitrogens is 2. The Bertz CT molecular complexity index is 752. The number of rotatable bonds is 5. The SMILES string of the molecule is Cc1nc(SC(C)C(=O)Nc2ccc(C(N)=O)cc2)nc(C)c1C. The van der Waals surface area contributed by atoms with E-state index >= 15 is 0 Å². The summed E-state index contributed by atoms with van der Waals surface area (Å²) in [5.41, 5.74) is 9.09. The number of hydrogen-bond acceptors (Lipinski definition) is 5. The summed E-state index contributed by atoms with van der Waals surface area (Å²) in [5.74, 6) is -0.662. The largest absolute Gasteiger partial charge is 0.366 e. The predicted molar refractivity (Wildman–Crippen MR) is 95.2 cm³/mol. The fraction of sp³-hybridized carbons (Fsp3) is 0.294. The molecule has 7 heteroatoms. The molecule has 0 saturated heterocycles. The Balaban J connectivity index is 2.03. The molecule has 0 aliphatic carbocycles. The van der Waals surface area contributed by atoms with Gasteiger partial charge in [0, 0.05) is 22.6 Å². The van der Waals surface area contributed by atoms with Gasteiger partial charge < -0.3 is 11.1 Å². The molecule has 0 bridgehead atoms. The molecule has 0 aliphatic rings. The summed E-state index contributed by atoms with van der Waals surface area (Å²) in [7, 11) is 0. The van der Waals surface area contributed by atoms with Crippen LogP contribution in [-0.2, 0) is 4.79 Å². The fourth-order valence-electron chi connectivity index (χ4n) is 1.97. The van der Waals surface area contributed by atoms with Crippen LogP contribution in [0.4, 0.5) is 5.69 Å². The van der Waals surface area contributed by atoms with E-state index in [-0.39, 0.29) is 11.2 Å². The van der Waals surface area contributed by atoms with Gasteiger partial charge in [-0.25, -0.2) is 9.97 Å². The van der Waals surface area contributed by atoms with Gasteiger partial charge in [0.25, 0.3) is 0 Å². The first-order valence-corrected chi connectivity index (χ1v) is 8.35. The van der Waals surface area contributed by atoms with Crippen molar-refractivity contribution in [3.05, 3.63) is 46.8 Å². The fourth-order valence-corrected chi connectivity index (χ4v) is 2.83. The number of aryl methyl sites for hydroxylation is 2. The zero-order valence-electron chi connectivity index (χ0n) is 14.1. The Hall–Kier alpha value is -2.41. The van der Waals surface area contributed by atoms with E-state index in [4.69, 9.17) is 5.73 Å². The summed E-state index contributed by atoms with van der Waals surface area (Å²) < 4.78 is 0. The highest BCUT2D eigenvalue weighted by molar-refractivity contribution is 8.00. The molecule has 0 fully saturated rings. The van der Waals surface area contributed by atoms with Gasteiger partial charge in [0.15, 0.2) is 5.16 Å². The summed E-state index contributed by atoms with van der Waals surface area (Å²) in [6, 6.07) is 6.44. The molecule has 24 heavy (non-hydrogen) atoms. The van der Waals surface area contributed by atoms with Crippen molar-refractivity contribution in [2.45, 2.75) is 38.1 Å². The van der Waals surface area contributed by atoms with Gasteiger partial charge in [-0.05, 0) is 57.5 Å². The van der Waals surface area contributed by atoms with E-state index < -0.39 is 5.91 Å². The average molecular weight is 344 g/mol. The number of primary amides is 1. The van der Waals surface area contributed by atoms with Crippen LogP contribution in [0, 0.1) is 20.8 Å². The van der Waals surface area contributed by atoms with E-state index in [1.165, 1.54) is 11.8 Å². The van der Waals surface area contributed by atoms with Crippen molar-refractivity contribution in [1.29, 1.82) is 0 Å². The number of nitrogens with zero attached hydrogens (tertiary/aromatic N) is 2. The molecular formula is C17H20N4O2S. The standard InChI is InChI=1S/C17H20N4O2S/c1-9-10(2)19-17(20-11(9)3)24-12(4)16(23)21-14-7-5-13(6-8-14)15(18)22/h5-8,12H,1-4H3,(H2,18,22)(H,21,23). The minimum Gasteiger partial charge on any atom is -0.366 e. The van der Waals surface area contributed by atoms with E-state index in [1.807, 2.05) is 20.8 Å². The Morgan fingerprint density at radius 3 is 2.12 bits per heavy atom. The average Bonchev–Trinajstić information content (AvgIpc) is 2.52. The molecule has 3 N–H and O–H groups in total. The number of nitrogens with two attached hydrogens (primary N) is 1. The predicted octanol–water partition coefficient (Wildman–Crippen LogP) is 2.62. The molecule has 0 spiro atoms. The summed E-state index contributed by atoms with van der Waals surface area (Å²) in [6.07, 6.45) is 0. The summed E-state index contributed by atoms with van der Waals surface area (Å²) in [6.45, 7) is 7.63. The second-order valence-corrected chi connectivity index (χ2v) is 6.80. The lowest BCUT2D eigenvalue weighted by Gasteiger charge is -2.13. The monoisotopic (exact) mass is 344 g/mol. The van der Waals surface area contributed by atoms with Crippen LogP contribution in [0.5, 0.6) is 0 Å². The molecule has 0 radical (unpaired) electrons. The Morgan fingerprint density at radius 2 is 1.62 bits per heavy atom. The molecule has 0 aliphatic heterocycles. The molecule has 1 unspecified atom stereocenters. The normalized spacial score (nSPS) is 11.8. The number of nitrogens with one attached hydrogen (secondary N) is 1. The lowest BCUT2D eigenvalue weighted by molar-refractivity contribution is -0.115. The third-order valence-electron chi connectivity index (χ3n) is 3.70. The number of benzene rings is 1. The third-order valence-corrected chi connectivity index (χ3v) is 4.66. The maximum atomic E-state index is 12.3. The summed E-state index contributed by atoms with van der Waals surface area (Å²) in [5, 5.41) is 3.03. The molecule has 1 heterocycles. The van der Waals surface area contributed by atoms with Crippen LogP contribution in [0.2, 0.25) is 0 Å². The topological polar surface area (TPSA) is 98.0 Å². The van der Waals surface area contributed by atoms with Crippen molar-refractivity contribution in [1.82, 2.24) is 9.97 Å². The van der Waals surface area contributed by atoms with Crippen LogP contribution in [0.25, 0.3) is 0 Å². The maximum absolute atomic E-state index is 12.3.